The van der Waals surface area contributed by atoms with Crippen LogP contribution in [-0.4, -0.2) is 4.92 Å². The van der Waals surface area contributed by atoms with Crippen LogP contribution in [0, 0.1) is 24.0 Å². The summed E-state index contributed by atoms with van der Waals surface area (Å²) in [5.41, 5.74) is 4.50. The van der Waals surface area contributed by atoms with Crippen molar-refractivity contribution in [2.45, 2.75) is 13.8 Å². The first-order valence-electron chi connectivity index (χ1n) is 6.07. The highest BCUT2D eigenvalue weighted by Gasteiger charge is 2.13. The summed E-state index contributed by atoms with van der Waals surface area (Å²) in [7, 11) is 0. The summed E-state index contributed by atoms with van der Waals surface area (Å²) in [6, 6.07) is 15.4. The number of aryl methyl sites for hydroxylation is 2. The van der Waals surface area contributed by atoms with Crippen molar-refractivity contribution in [3.63, 3.8) is 0 Å². The maximum Gasteiger partial charge on any atom is 0.242 e. The van der Waals surface area contributed by atoms with Gasteiger partial charge >= 0.3 is 0 Å². The third-order valence-corrected chi connectivity index (χ3v) is 3.10. The molecular weight excluding hydrogens is 238 g/mol. The Labute approximate surface area is 112 Å². The molecule has 0 saturated carbocycles. The van der Waals surface area contributed by atoms with Crippen molar-refractivity contribution in [2.75, 3.05) is 0 Å². The van der Waals surface area contributed by atoms with Gasteiger partial charge in [0.2, 0.25) is 6.20 Å². The Morgan fingerprint density at radius 1 is 0.947 bits per heavy atom. The molecule has 0 amide bonds. The van der Waals surface area contributed by atoms with Crippen molar-refractivity contribution in [1.29, 1.82) is 0 Å². The Morgan fingerprint density at radius 3 is 1.74 bits per heavy atom. The van der Waals surface area contributed by atoms with Crippen LogP contribution in [0.25, 0.3) is 5.57 Å². The second-order valence-corrected chi connectivity index (χ2v) is 4.46. The second-order valence-electron chi connectivity index (χ2n) is 4.46. The number of nitro groups is 1. The summed E-state index contributed by atoms with van der Waals surface area (Å²) < 4.78 is 0. The Bertz CT molecular complexity index is 597. The van der Waals surface area contributed by atoms with E-state index in [4.69, 9.17) is 0 Å². The molecule has 0 aromatic heterocycles. The molecule has 2 aromatic carbocycles. The third-order valence-electron chi connectivity index (χ3n) is 3.10. The Morgan fingerprint density at radius 2 is 1.37 bits per heavy atom. The topological polar surface area (TPSA) is 43.1 Å². The summed E-state index contributed by atoms with van der Waals surface area (Å²) in [4.78, 5) is 10.5. The Kier molecular flexibility index (Phi) is 3.76. The average Bonchev–Trinajstić information content (AvgIpc) is 2.37. The average molecular weight is 253 g/mol. The minimum atomic E-state index is -0.395. The van der Waals surface area contributed by atoms with Gasteiger partial charge in [0, 0.05) is 0 Å². The van der Waals surface area contributed by atoms with Crippen LogP contribution in [0.15, 0.2) is 54.7 Å². The van der Waals surface area contributed by atoms with Gasteiger partial charge in [0.25, 0.3) is 0 Å². The van der Waals surface area contributed by atoms with Crippen LogP contribution in [0.5, 0.6) is 0 Å². The van der Waals surface area contributed by atoms with Crippen molar-refractivity contribution in [3.8, 4) is 0 Å². The van der Waals surface area contributed by atoms with E-state index in [1.165, 1.54) is 0 Å². The van der Waals surface area contributed by atoms with Crippen LogP contribution in [0.1, 0.15) is 22.3 Å². The largest absolute Gasteiger partial charge is 0.259 e. The van der Waals surface area contributed by atoms with Gasteiger partial charge in [-0.25, -0.2) is 0 Å². The molecule has 0 spiro atoms. The number of nitrogens with zero attached hydrogens (tertiary/aromatic N) is 1. The summed E-state index contributed by atoms with van der Waals surface area (Å²) in [5, 5.41) is 10.9. The van der Waals surface area contributed by atoms with Crippen molar-refractivity contribution in [2.24, 2.45) is 0 Å². The van der Waals surface area contributed by atoms with E-state index >= 15 is 0 Å². The van der Waals surface area contributed by atoms with Gasteiger partial charge in [-0.1, -0.05) is 48.5 Å². The maximum absolute atomic E-state index is 10.9. The summed E-state index contributed by atoms with van der Waals surface area (Å²) in [6.07, 6.45) is 1.09. The molecule has 3 heteroatoms. The molecule has 0 fully saturated rings. The molecule has 0 saturated heterocycles. The zero-order valence-corrected chi connectivity index (χ0v) is 11.0. The lowest BCUT2D eigenvalue weighted by Gasteiger charge is -2.11. The normalized spacial score (nSPS) is 10.0. The van der Waals surface area contributed by atoms with E-state index in [2.05, 4.69) is 0 Å². The van der Waals surface area contributed by atoms with Crippen LogP contribution >= 0.6 is 0 Å². The molecule has 0 unspecified atom stereocenters. The monoisotopic (exact) mass is 253 g/mol. The molecular formula is C16H15NO2. The Hall–Kier alpha value is -2.42. The number of rotatable bonds is 3. The van der Waals surface area contributed by atoms with E-state index in [0.29, 0.717) is 5.57 Å². The molecule has 96 valence electrons. The van der Waals surface area contributed by atoms with Crippen LogP contribution in [0.3, 0.4) is 0 Å². The highest BCUT2D eigenvalue weighted by molar-refractivity contribution is 5.81. The minimum Gasteiger partial charge on any atom is -0.259 e. The van der Waals surface area contributed by atoms with Gasteiger partial charge in [0.1, 0.15) is 0 Å². The molecule has 0 heterocycles. The molecule has 0 aliphatic rings. The first-order chi connectivity index (χ1) is 9.09. The van der Waals surface area contributed by atoms with Crippen LogP contribution in [-0.2, 0) is 0 Å². The summed E-state index contributed by atoms with van der Waals surface area (Å²) in [5.74, 6) is 0. The van der Waals surface area contributed by atoms with Gasteiger partial charge in [0.05, 0.1) is 10.5 Å². The molecule has 2 rings (SSSR count). The van der Waals surface area contributed by atoms with Crippen LogP contribution in [0.2, 0.25) is 0 Å². The van der Waals surface area contributed by atoms with Gasteiger partial charge in [-0.3, -0.25) is 10.1 Å². The zero-order chi connectivity index (χ0) is 13.8. The smallest absolute Gasteiger partial charge is 0.242 e. The van der Waals surface area contributed by atoms with Gasteiger partial charge in [-0.05, 0) is 36.1 Å². The molecule has 0 aliphatic carbocycles. The quantitative estimate of drug-likeness (QED) is 0.613. The molecule has 2 aromatic rings. The first kappa shape index (κ1) is 13.0. The predicted molar refractivity (Wildman–Crippen MR) is 76.4 cm³/mol. The highest BCUT2D eigenvalue weighted by Crippen LogP contribution is 2.28. The predicted octanol–water partition coefficient (Wildman–Crippen LogP) is 3.97. The van der Waals surface area contributed by atoms with Crippen LogP contribution in [0.4, 0.5) is 0 Å². The van der Waals surface area contributed by atoms with E-state index in [1.54, 1.807) is 0 Å². The van der Waals surface area contributed by atoms with Gasteiger partial charge < -0.3 is 0 Å². The lowest BCUT2D eigenvalue weighted by atomic mass is 9.92. The fourth-order valence-electron chi connectivity index (χ4n) is 2.14. The van der Waals surface area contributed by atoms with Gasteiger partial charge in [-0.2, -0.15) is 0 Å². The zero-order valence-electron chi connectivity index (χ0n) is 11.0. The molecule has 0 N–H and O–H groups in total. The van der Waals surface area contributed by atoms with Crippen LogP contribution < -0.4 is 0 Å². The fraction of sp³-hybridized carbons (Fsp3) is 0.125. The lowest BCUT2D eigenvalue weighted by Crippen LogP contribution is -1.97. The molecule has 0 aliphatic heterocycles. The number of hydrogen-bond acceptors (Lipinski definition) is 2. The van der Waals surface area contributed by atoms with Crippen molar-refractivity contribution in [1.82, 2.24) is 0 Å². The van der Waals surface area contributed by atoms with E-state index in [1.807, 2.05) is 62.4 Å². The highest BCUT2D eigenvalue weighted by atomic mass is 16.6. The van der Waals surface area contributed by atoms with E-state index in [0.717, 1.165) is 28.5 Å². The van der Waals surface area contributed by atoms with Crippen molar-refractivity contribution >= 4 is 5.57 Å². The molecule has 0 bridgehead atoms. The molecule has 19 heavy (non-hydrogen) atoms. The Balaban J connectivity index is 2.66. The van der Waals surface area contributed by atoms with Crippen molar-refractivity contribution in [3.05, 3.63) is 87.1 Å². The maximum atomic E-state index is 10.9. The SMILES string of the molecule is Cc1ccccc1C(=C[N+](=O)[O-])c1ccccc1C. The first-order valence-corrected chi connectivity index (χ1v) is 6.07. The van der Waals surface area contributed by atoms with Gasteiger partial charge in [0.15, 0.2) is 0 Å². The number of benzene rings is 2. The number of hydrogen-bond donors (Lipinski definition) is 0. The van der Waals surface area contributed by atoms with Gasteiger partial charge in [-0.15, -0.1) is 0 Å². The third kappa shape index (κ3) is 2.88. The minimum absolute atomic E-state index is 0.395. The van der Waals surface area contributed by atoms with E-state index in [9.17, 15) is 10.1 Å². The molecule has 0 radical (unpaired) electrons. The van der Waals surface area contributed by atoms with Crippen molar-refractivity contribution < 1.29 is 4.92 Å². The molecule has 0 atom stereocenters. The second kappa shape index (κ2) is 5.48. The fourth-order valence-corrected chi connectivity index (χ4v) is 2.14. The van der Waals surface area contributed by atoms with E-state index < -0.39 is 4.92 Å². The summed E-state index contributed by atoms with van der Waals surface area (Å²) >= 11 is 0. The standard InChI is InChI=1S/C16H15NO2/c1-12-7-3-5-9-14(12)16(11-17(18)19)15-10-6-4-8-13(15)2/h3-11H,1-2H3. The summed E-state index contributed by atoms with van der Waals surface area (Å²) in [6.45, 7) is 3.92. The van der Waals surface area contributed by atoms with E-state index in [-0.39, 0.29) is 0 Å². The lowest BCUT2D eigenvalue weighted by molar-refractivity contribution is -0.401. The molecule has 3 nitrogen and oxygen atoms in total.